The predicted octanol–water partition coefficient (Wildman–Crippen LogP) is 1.17. The number of hydrogen-bond donors (Lipinski definition) is 2. The van der Waals surface area contributed by atoms with Gasteiger partial charge in [-0.25, -0.2) is 0 Å². The van der Waals surface area contributed by atoms with Crippen molar-refractivity contribution < 1.29 is 4.79 Å². The smallest absolute Gasteiger partial charge is 0.274 e. The van der Waals surface area contributed by atoms with Gasteiger partial charge in [-0.05, 0) is 26.2 Å². The van der Waals surface area contributed by atoms with Crippen molar-refractivity contribution in [2.75, 3.05) is 5.32 Å². The molecule has 7 heteroatoms. The van der Waals surface area contributed by atoms with Gasteiger partial charge >= 0.3 is 0 Å². The van der Waals surface area contributed by atoms with E-state index in [9.17, 15) is 9.59 Å². The minimum atomic E-state index is -0.326. The molecule has 0 aromatic carbocycles. The maximum Gasteiger partial charge on any atom is 0.274 e. The molecule has 1 amide bonds. The van der Waals surface area contributed by atoms with Crippen LogP contribution in [0.4, 0.5) is 5.82 Å². The van der Waals surface area contributed by atoms with Gasteiger partial charge in [0.25, 0.3) is 5.56 Å². The quantitative estimate of drug-likeness (QED) is 0.883. The molecule has 2 heterocycles. The SMILES string of the molecule is CCc1cc(=O)nc(-n2nc(C)cc2NC(=O)C2CC2)[nH]1. The van der Waals surface area contributed by atoms with Crippen LogP contribution in [0, 0.1) is 12.8 Å². The number of aromatic amines is 1. The first kappa shape index (κ1) is 13.5. The van der Waals surface area contributed by atoms with Gasteiger partial charge < -0.3 is 10.3 Å². The maximum atomic E-state index is 11.9. The number of amides is 1. The Hall–Kier alpha value is -2.44. The molecule has 1 aliphatic carbocycles. The zero-order chi connectivity index (χ0) is 15.0. The number of aryl methyl sites for hydroxylation is 2. The number of anilines is 1. The van der Waals surface area contributed by atoms with E-state index in [0.29, 0.717) is 18.2 Å². The van der Waals surface area contributed by atoms with E-state index < -0.39 is 0 Å². The topological polar surface area (TPSA) is 92.7 Å². The summed E-state index contributed by atoms with van der Waals surface area (Å²) in [6, 6.07) is 3.22. The van der Waals surface area contributed by atoms with Crippen molar-refractivity contribution in [3.05, 3.63) is 33.9 Å². The minimum Gasteiger partial charge on any atom is -0.328 e. The monoisotopic (exact) mass is 287 g/mol. The second kappa shape index (κ2) is 5.16. The molecule has 2 aromatic rings. The highest BCUT2D eigenvalue weighted by atomic mass is 16.2. The molecule has 0 bridgehead atoms. The molecule has 0 saturated heterocycles. The van der Waals surface area contributed by atoms with Gasteiger partial charge in [0.05, 0.1) is 5.69 Å². The first-order chi connectivity index (χ1) is 10.1. The summed E-state index contributed by atoms with van der Waals surface area (Å²) in [5.41, 5.74) is 1.19. The number of nitrogens with one attached hydrogen (secondary N) is 2. The fraction of sp³-hybridized carbons (Fsp3) is 0.429. The van der Waals surface area contributed by atoms with Crippen LogP contribution in [-0.4, -0.2) is 25.7 Å². The Labute approximate surface area is 121 Å². The number of rotatable bonds is 4. The summed E-state index contributed by atoms with van der Waals surface area (Å²) in [6.45, 7) is 3.77. The molecule has 3 rings (SSSR count). The molecular formula is C14H17N5O2. The first-order valence-corrected chi connectivity index (χ1v) is 7.05. The van der Waals surface area contributed by atoms with Crippen molar-refractivity contribution >= 4 is 11.7 Å². The zero-order valence-corrected chi connectivity index (χ0v) is 12.0. The van der Waals surface area contributed by atoms with Crippen LogP contribution in [-0.2, 0) is 11.2 Å². The van der Waals surface area contributed by atoms with Crippen LogP contribution < -0.4 is 10.9 Å². The lowest BCUT2D eigenvalue weighted by atomic mass is 10.3. The van der Waals surface area contributed by atoms with Crippen molar-refractivity contribution in [2.45, 2.75) is 33.1 Å². The van der Waals surface area contributed by atoms with Crippen molar-refractivity contribution in [1.29, 1.82) is 0 Å². The lowest BCUT2D eigenvalue weighted by molar-refractivity contribution is -0.117. The molecular weight excluding hydrogens is 270 g/mol. The van der Waals surface area contributed by atoms with E-state index in [4.69, 9.17) is 0 Å². The van der Waals surface area contributed by atoms with Gasteiger partial charge in [-0.1, -0.05) is 6.92 Å². The van der Waals surface area contributed by atoms with E-state index in [2.05, 4.69) is 20.4 Å². The molecule has 0 atom stereocenters. The van der Waals surface area contributed by atoms with Gasteiger partial charge in [0, 0.05) is 23.7 Å². The second-order valence-corrected chi connectivity index (χ2v) is 5.27. The fourth-order valence-electron chi connectivity index (χ4n) is 2.11. The molecule has 1 fully saturated rings. The number of hydrogen-bond acceptors (Lipinski definition) is 4. The average molecular weight is 287 g/mol. The van der Waals surface area contributed by atoms with E-state index >= 15 is 0 Å². The van der Waals surface area contributed by atoms with Crippen molar-refractivity contribution in [3.8, 4) is 5.95 Å². The Morgan fingerprint density at radius 2 is 2.24 bits per heavy atom. The van der Waals surface area contributed by atoms with E-state index in [1.165, 1.54) is 10.7 Å². The Bertz CT molecular complexity index is 742. The Balaban J connectivity index is 1.99. The van der Waals surface area contributed by atoms with Crippen LogP contribution in [0.2, 0.25) is 0 Å². The van der Waals surface area contributed by atoms with E-state index in [-0.39, 0.29) is 17.4 Å². The largest absolute Gasteiger partial charge is 0.328 e. The van der Waals surface area contributed by atoms with Gasteiger partial charge in [0.1, 0.15) is 5.82 Å². The molecule has 2 N–H and O–H groups in total. The summed E-state index contributed by atoms with van der Waals surface area (Å²) in [6.07, 6.45) is 2.55. The van der Waals surface area contributed by atoms with Crippen LogP contribution in [0.3, 0.4) is 0 Å². The van der Waals surface area contributed by atoms with Crippen molar-refractivity contribution in [2.24, 2.45) is 5.92 Å². The Morgan fingerprint density at radius 1 is 1.48 bits per heavy atom. The molecule has 0 radical (unpaired) electrons. The lowest BCUT2D eigenvalue weighted by Gasteiger charge is -2.08. The van der Waals surface area contributed by atoms with Crippen molar-refractivity contribution in [3.63, 3.8) is 0 Å². The highest BCUT2D eigenvalue weighted by Crippen LogP contribution is 2.30. The number of carbonyl (C=O) groups excluding carboxylic acids is 1. The normalized spacial score (nSPS) is 14.2. The molecule has 1 aliphatic rings. The summed E-state index contributed by atoms with van der Waals surface area (Å²) in [5.74, 6) is 0.937. The van der Waals surface area contributed by atoms with Gasteiger partial charge in [-0.3, -0.25) is 9.59 Å². The first-order valence-electron chi connectivity index (χ1n) is 7.05. The molecule has 0 spiro atoms. The van der Waals surface area contributed by atoms with E-state index in [1.807, 2.05) is 13.8 Å². The fourth-order valence-corrected chi connectivity index (χ4v) is 2.11. The number of aromatic nitrogens is 4. The predicted molar refractivity (Wildman–Crippen MR) is 77.4 cm³/mol. The van der Waals surface area contributed by atoms with Crippen LogP contribution in [0.1, 0.15) is 31.2 Å². The highest BCUT2D eigenvalue weighted by Gasteiger charge is 2.30. The van der Waals surface area contributed by atoms with Crippen LogP contribution >= 0.6 is 0 Å². The lowest BCUT2D eigenvalue weighted by Crippen LogP contribution is -2.20. The van der Waals surface area contributed by atoms with Gasteiger partial charge in [-0.15, -0.1) is 0 Å². The molecule has 7 nitrogen and oxygen atoms in total. The average Bonchev–Trinajstić information content (AvgIpc) is 3.23. The molecule has 110 valence electrons. The van der Waals surface area contributed by atoms with Gasteiger partial charge in [-0.2, -0.15) is 14.8 Å². The van der Waals surface area contributed by atoms with Gasteiger partial charge in [0.2, 0.25) is 11.9 Å². The van der Waals surface area contributed by atoms with Crippen LogP contribution in [0.25, 0.3) is 5.95 Å². The van der Waals surface area contributed by atoms with Crippen LogP contribution in [0.5, 0.6) is 0 Å². The standard InChI is InChI=1S/C14H17N5O2/c1-3-10-7-12(20)17-14(15-10)19-11(6-8(2)18-19)16-13(21)9-4-5-9/h6-7,9H,3-5H2,1-2H3,(H,16,21)(H,15,17,20). The third-order valence-corrected chi connectivity index (χ3v) is 3.40. The third kappa shape index (κ3) is 2.86. The maximum absolute atomic E-state index is 11.9. The molecule has 0 aliphatic heterocycles. The molecule has 21 heavy (non-hydrogen) atoms. The summed E-state index contributed by atoms with van der Waals surface area (Å²) in [7, 11) is 0. The number of H-pyrrole nitrogens is 1. The third-order valence-electron chi connectivity index (χ3n) is 3.40. The van der Waals surface area contributed by atoms with E-state index in [1.54, 1.807) is 6.07 Å². The summed E-state index contributed by atoms with van der Waals surface area (Å²) in [5, 5.41) is 7.15. The second-order valence-electron chi connectivity index (χ2n) is 5.27. The molecule has 0 unspecified atom stereocenters. The van der Waals surface area contributed by atoms with Crippen molar-refractivity contribution in [1.82, 2.24) is 19.7 Å². The molecule has 1 saturated carbocycles. The zero-order valence-electron chi connectivity index (χ0n) is 12.0. The summed E-state index contributed by atoms with van der Waals surface area (Å²) < 4.78 is 1.47. The van der Waals surface area contributed by atoms with E-state index in [0.717, 1.165) is 24.2 Å². The number of nitrogens with zero attached hydrogens (tertiary/aromatic N) is 3. The van der Waals surface area contributed by atoms with Crippen LogP contribution in [0.15, 0.2) is 16.9 Å². The van der Waals surface area contributed by atoms with Gasteiger partial charge in [0.15, 0.2) is 0 Å². The highest BCUT2D eigenvalue weighted by molar-refractivity contribution is 5.93. The Morgan fingerprint density at radius 3 is 2.90 bits per heavy atom. The number of carbonyl (C=O) groups is 1. The molecule has 2 aromatic heterocycles. The summed E-state index contributed by atoms with van der Waals surface area (Å²) in [4.78, 5) is 30.5. The summed E-state index contributed by atoms with van der Waals surface area (Å²) >= 11 is 0. The minimum absolute atomic E-state index is 0.00913. The Kier molecular flexibility index (Phi) is 3.32.